The van der Waals surface area contributed by atoms with Crippen LogP contribution in [0.2, 0.25) is 0 Å². The van der Waals surface area contributed by atoms with Crippen molar-refractivity contribution in [1.82, 2.24) is 4.98 Å². The maximum absolute atomic E-state index is 5.92. The molecule has 29 heavy (non-hydrogen) atoms. The van der Waals surface area contributed by atoms with Gasteiger partial charge in [-0.25, -0.2) is 4.98 Å². The van der Waals surface area contributed by atoms with Crippen LogP contribution >= 0.6 is 0 Å². The molecule has 2 aromatic carbocycles. The molecule has 4 heteroatoms. The number of hydrogen-bond donors (Lipinski definition) is 0. The zero-order valence-corrected chi connectivity index (χ0v) is 17.8. The van der Waals surface area contributed by atoms with Gasteiger partial charge in [-0.05, 0) is 49.2 Å². The lowest BCUT2D eigenvalue weighted by Gasteiger charge is -2.06. The van der Waals surface area contributed by atoms with Crippen molar-refractivity contribution < 1.29 is 13.9 Å². The number of nitrogens with zero attached hydrogens (tertiary/aromatic N) is 1. The lowest BCUT2D eigenvalue weighted by molar-refractivity contribution is 0.305. The number of aromatic nitrogens is 1. The second-order valence-corrected chi connectivity index (χ2v) is 7.49. The molecule has 1 heterocycles. The third-order valence-electron chi connectivity index (χ3n) is 4.99. The number of rotatable bonds is 13. The summed E-state index contributed by atoms with van der Waals surface area (Å²) in [6.45, 7) is 5.94. The molecule has 3 rings (SSSR count). The summed E-state index contributed by atoms with van der Waals surface area (Å²) < 4.78 is 17.6. The average Bonchev–Trinajstić information content (AvgIpc) is 3.17. The molecule has 156 valence electrons. The van der Waals surface area contributed by atoms with E-state index in [9.17, 15) is 0 Å². The lowest BCUT2D eigenvalue weighted by Crippen LogP contribution is -1.97. The van der Waals surface area contributed by atoms with Crippen LogP contribution in [0.3, 0.4) is 0 Å². The molecule has 0 aliphatic heterocycles. The number of fused-ring (bicyclic) bond motifs is 1. The van der Waals surface area contributed by atoms with Crippen LogP contribution in [0, 0.1) is 0 Å². The van der Waals surface area contributed by atoms with Gasteiger partial charge in [0.2, 0.25) is 5.89 Å². The van der Waals surface area contributed by atoms with Crippen molar-refractivity contribution in [3.8, 4) is 23.0 Å². The topological polar surface area (TPSA) is 44.5 Å². The number of benzene rings is 2. The van der Waals surface area contributed by atoms with E-state index in [4.69, 9.17) is 13.9 Å². The summed E-state index contributed by atoms with van der Waals surface area (Å²) in [5.74, 6) is 2.36. The highest BCUT2D eigenvalue weighted by molar-refractivity contribution is 5.77. The van der Waals surface area contributed by atoms with E-state index in [-0.39, 0.29) is 0 Å². The largest absolute Gasteiger partial charge is 0.494 e. The minimum atomic E-state index is 0.620. The van der Waals surface area contributed by atoms with E-state index in [1.165, 1.54) is 38.5 Å². The maximum Gasteiger partial charge on any atom is 0.227 e. The highest BCUT2D eigenvalue weighted by Gasteiger charge is 2.09. The molecule has 0 aliphatic carbocycles. The van der Waals surface area contributed by atoms with Crippen molar-refractivity contribution in [3.05, 3.63) is 42.5 Å². The molecule has 0 bridgehead atoms. The Morgan fingerprint density at radius 3 is 2.00 bits per heavy atom. The summed E-state index contributed by atoms with van der Waals surface area (Å²) in [7, 11) is 0. The predicted octanol–water partition coefficient (Wildman–Crippen LogP) is 7.41. The highest BCUT2D eigenvalue weighted by Crippen LogP contribution is 2.28. The molecule has 0 spiro atoms. The Balaban J connectivity index is 1.56. The van der Waals surface area contributed by atoms with Crippen LogP contribution in [-0.2, 0) is 0 Å². The number of ether oxygens (including phenoxy) is 2. The Bertz CT molecular complexity index is 854. The Labute approximate surface area is 174 Å². The second kappa shape index (κ2) is 11.5. The smallest absolute Gasteiger partial charge is 0.227 e. The molecule has 0 atom stereocenters. The molecule has 0 saturated carbocycles. The number of hydrogen-bond acceptors (Lipinski definition) is 4. The zero-order chi connectivity index (χ0) is 20.3. The molecule has 0 unspecified atom stereocenters. The standard InChI is InChI=1S/C25H33NO3/c1-3-5-7-9-17-27-21-13-11-20(12-14-21)25-26-23-19-22(15-16-24(23)29-25)28-18-10-8-6-4-2/h11-16,19H,3-10,17-18H2,1-2H3. The van der Waals surface area contributed by atoms with Crippen molar-refractivity contribution in [1.29, 1.82) is 0 Å². The van der Waals surface area contributed by atoms with Crippen LogP contribution in [0.15, 0.2) is 46.9 Å². The number of oxazole rings is 1. The summed E-state index contributed by atoms with van der Waals surface area (Å²) in [6.07, 6.45) is 9.63. The lowest BCUT2D eigenvalue weighted by atomic mass is 10.2. The maximum atomic E-state index is 5.92. The first-order chi connectivity index (χ1) is 14.3. The normalized spacial score (nSPS) is 11.1. The Kier molecular flexibility index (Phi) is 8.41. The van der Waals surface area contributed by atoms with Crippen LogP contribution in [0.5, 0.6) is 11.5 Å². The van der Waals surface area contributed by atoms with Gasteiger partial charge in [-0.3, -0.25) is 0 Å². The Morgan fingerprint density at radius 2 is 1.34 bits per heavy atom. The summed E-state index contributed by atoms with van der Waals surface area (Å²) in [6, 6.07) is 13.8. The van der Waals surface area contributed by atoms with Gasteiger partial charge < -0.3 is 13.9 Å². The van der Waals surface area contributed by atoms with E-state index in [0.29, 0.717) is 5.89 Å². The van der Waals surface area contributed by atoms with Gasteiger partial charge in [0.05, 0.1) is 13.2 Å². The molecule has 0 N–H and O–H groups in total. The Morgan fingerprint density at radius 1 is 0.724 bits per heavy atom. The summed E-state index contributed by atoms with van der Waals surface area (Å²) in [4.78, 5) is 4.64. The number of unbranched alkanes of at least 4 members (excludes halogenated alkanes) is 6. The third kappa shape index (κ3) is 6.52. The van der Waals surface area contributed by atoms with Gasteiger partial charge in [-0.15, -0.1) is 0 Å². The van der Waals surface area contributed by atoms with Gasteiger partial charge in [-0.2, -0.15) is 0 Å². The summed E-state index contributed by atoms with van der Waals surface area (Å²) >= 11 is 0. The van der Waals surface area contributed by atoms with Crippen molar-refractivity contribution in [3.63, 3.8) is 0 Å². The van der Waals surface area contributed by atoms with Gasteiger partial charge in [-0.1, -0.05) is 52.4 Å². The summed E-state index contributed by atoms with van der Waals surface area (Å²) in [5, 5.41) is 0. The molecule has 3 aromatic rings. The van der Waals surface area contributed by atoms with Crippen LogP contribution in [0.1, 0.15) is 65.2 Å². The average molecular weight is 396 g/mol. The van der Waals surface area contributed by atoms with Gasteiger partial charge in [0, 0.05) is 11.6 Å². The van der Waals surface area contributed by atoms with Crippen molar-refractivity contribution in [2.75, 3.05) is 13.2 Å². The molecule has 0 amide bonds. The molecule has 0 saturated heterocycles. The van der Waals surface area contributed by atoms with E-state index >= 15 is 0 Å². The molecular formula is C25H33NO3. The molecule has 4 nitrogen and oxygen atoms in total. The van der Waals surface area contributed by atoms with E-state index in [1.807, 2.05) is 42.5 Å². The van der Waals surface area contributed by atoms with Crippen molar-refractivity contribution in [2.24, 2.45) is 0 Å². The van der Waals surface area contributed by atoms with Crippen LogP contribution < -0.4 is 9.47 Å². The fourth-order valence-corrected chi connectivity index (χ4v) is 3.25. The predicted molar refractivity (Wildman–Crippen MR) is 119 cm³/mol. The van der Waals surface area contributed by atoms with E-state index < -0.39 is 0 Å². The third-order valence-corrected chi connectivity index (χ3v) is 4.99. The SMILES string of the molecule is CCCCCCOc1ccc(-c2nc3cc(OCCCCCC)ccc3o2)cc1. The van der Waals surface area contributed by atoms with Crippen molar-refractivity contribution in [2.45, 2.75) is 65.2 Å². The first kappa shape index (κ1) is 21.2. The molecule has 0 fully saturated rings. The molecule has 0 radical (unpaired) electrons. The van der Waals surface area contributed by atoms with Gasteiger partial charge in [0.1, 0.15) is 17.0 Å². The second-order valence-electron chi connectivity index (χ2n) is 7.49. The quantitative estimate of drug-likeness (QED) is 0.283. The first-order valence-corrected chi connectivity index (χ1v) is 11.1. The van der Waals surface area contributed by atoms with Crippen LogP contribution in [0.25, 0.3) is 22.6 Å². The fraction of sp³-hybridized carbons (Fsp3) is 0.480. The van der Waals surface area contributed by atoms with Gasteiger partial charge >= 0.3 is 0 Å². The zero-order valence-electron chi connectivity index (χ0n) is 17.8. The highest BCUT2D eigenvalue weighted by atomic mass is 16.5. The van der Waals surface area contributed by atoms with E-state index in [1.54, 1.807) is 0 Å². The minimum Gasteiger partial charge on any atom is -0.494 e. The molecule has 1 aromatic heterocycles. The fourth-order valence-electron chi connectivity index (χ4n) is 3.25. The van der Waals surface area contributed by atoms with Crippen LogP contribution in [0.4, 0.5) is 0 Å². The van der Waals surface area contributed by atoms with E-state index in [0.717, 1.165) is 54.2 Å². The first-order valence-electron chi connectivity index (χ1n) is 11.1. The van der Waals surface area contributed by atoms with E-state index in [2.05, 4.69) is 18.8 Å². The van der Waals surface area contributed by atoms with Crippen LogP contribution in [-0.4, -0.2) is 18.2 Å². The molecular weight excluding hydrogens is 362 g/mol. The Hall–Kier alpha value is -2.49. The van der Waals surface area contributed by atoms with Gasteiger partial charge in [0.15, 0.2) is 5.58 Å². The summed E-state index contributed by atoms with van der Waals surface area (Å²) in [5.41, 5.74) is 2.54. The minimum absolute atomic E-state index is 0.620. The molecule has 0 aliphatic rings. The monoisotopic (exact) mass is 395 g/mol. The van der Waals surface area contributed by atoms with Gasteiger partial charge in [0.25, 0.3) is 0 Å². The van der Waals surface area contributed by atoms with Crippen molar-refractivity contribution >= 4 is 11.1 Å².